The number of aromatic nitrogens is 5. The highest BCUT2D eigenvalue weighted by atomic mass is 35.5. The van der Waals surface area contributed by atoms with Crippen molar-refractivity contribution in [1.82, 2.24) is 24.1 Å². The Morgan fingerprint density at radius 2 is 1.85 bits per heavy atom. The van der Waals surface area contributed by atoms with Crippen LogP contribution in [0, 0.1) is 11.6 Å². The Morgan fingerprint density at radius 3 is 2.56 bits per heavy atom. The van der Waals surface area contributed by atoms with Crippen molar-refractivity contribution in [3.8, 4) is 28.7 Å². The van der Waals surface area contributed by atoms with Crippen LogP contribution in [0.3, 0.4) is 0 Å². The smallest absolute Gasteiger partial charge is 0.353 e. The lowest BCUT2D eigenvalue weighted by atomic mass is 10.1. The Morgan fingerprint density at radius 1 is 1.09 bits per heavy atom. The van der Waals surface area contributed by atoms with E-state index in [0.717, 1.165) is 35.9 Å². The number of hydrogen-bond donors (Lipinski definition) is 0. The number of halogens is 3. The number of hydrogen-bond acceptors (Lipinski definition) is 5. The summed E-state index contributed by atoms with van der Waals surface area (Å²) < 4.78 is 37.6. The molecule has 170 valence electrons. The van der Waals surface area contributed by atoms with Gasteiger partial charge in [-0.05, 0) is 43.2 Å². The summed E-state index contributed by atoms with van der Waals surface area (Å²) in [4.78, 5) is 25.9. The van der Waals surface area contributed by atoms with Gasteiger partial charge in [-0.15, -0.1) is 0 Å². The van der Waals surface area contributed by atoms with Crippen molar-refractivity contribution in [1.29, 1.82) is 0 Å². The van der Waals surface area contributed by atoms with E-state index in [9.17, 15) is 13.6 Å². The molecule has 1 aliphatic carbocycles. The lowest BCUT2D eigenvalue weighted by molar-refractivity contribution is 0.571. The average Bonchev–Trinajstić information content (AvgIpc) is 3.48. The largest absolute Gasteiger partial charge is 0.432 e. The molecule has 1 saturated carbocycles. The SMILES string of the molecule is Cn1ccc2cc(-c3nc(-n4ccc(C5CC5)nc4=O)c(-c4cc(F)c(Cl)c(F)c4)o3)ncc21. The number of rotatable bonds is 4. The van der Waals surface area contributed by atoms with Crippen molar-refractivity contribution in [2.45, 2.75) is 18.8 Å². The van der Waals surface area contributed by atoms with E-state index >= 15 is 0 Å². The molecule has 4 aromatic heterocycles. The molecule has 1 aliphatic rings. The van der Waals surface area contributed by atoms with Crippen LogP contribution >= 0.6 is 11.6 Å². The lowest BCUT2D eigenvalue weighted by Crippen LogP contribution is -2.22. The molecule has 4 heterocycles. The Kier molecular flexibility index (Phi) is 4.63. The molecule has 0 atom stereocenters. The molecule has 0 aliphatic heterocycles. The van der Waals surface area contributed by atoms with Gasteiger partial charge in [-0.2, -0.15) is 9.97 Å². The molecule has 1 aromatic carbocycles. The number of nitrogens with zero attached hydrogens (tertiary/aromatic N) is 5. The normalized spacial score (nSPS) is 13.6. The first-order valence-electron chi connectivity index (χ1n) is 10.6. The molecule has 0 bridgehead atoms. The summed E-state index contributed by atoms with van der Waals surface area (Å²) in [5.74, 6) is -1.51. The topological polar surface area (TPSA) is 78.7 Å². The van der Waals surface area contributed by atoms with Crippen LogP contribution in [-0.2, 0) is 7.05 Å². The van der Waals surface area contributed by atoms with E-state index in [4.69, 9.17) is 16.0 Å². The van der Waals surface area contributed by atoms with Crippen LogP contribution in [0.1, 0.15) is 24.5 Å². The van der Waals surface area contributed by atoms with Gasteiger partial charge in [0.25, 0.3) is 0 Å². The van der Waals surface area contributed by atoms with Crippen LogP contribution in [0.15, 0.2) is 58.1 Å². The molecule has 0 N–H and O–H groups in total. The maximum absolute atomic E-state index is 14.3. The molecular formula is C24H16ClF2N5O2. The number of aryl methyl sites for hydroxylation is 1. The quantitative estimate of drug-likeness (QED) is 0.329. The van der Waals surface area contributed by atoms with Gasteiger partial charge in [-0.3, -0.25) is 0 Å². The minimum Gasteiger partial charge on any atom is -0.432 e. The van der Waals surface area contributed by atoms with Gasteiger partial charge in [-0.1, -0.05) is 11.6 Å². The van der Waals surface area contributed by atoms with E-state index in [1.165, 1.54) is 4.57 Å². The highest BCUT2D eigenvalue weighted by Gasteiger charge is 2.27. The van der Waals surface area contributed by atoms with E-state index in [1.807, 2.05) is 23.9 Å². The zero-order valence-corrected chi connectivity index (χ0v) is 18.6. The summed E-state index contributed by atoms with van der Waals surface area (Å²) in [7, 11) is 1.90. The van der Waals surface area contributed by atoms with E-state index in [2.05, 4.69) is 15.0 Å². The third-order valence-corrected chi connectivity index (χ3v) is 6.26. The van der Waals surface area contributed by atoms with Crippen LogP contribution in [-0.4, -0.2) is 24.1 Å². The molecular weight excluding hydrogens is 464 g/mol. The maximum Gasteiger partial charge on any atom is 0.353 e. The van der Waals surface area contributed by atoms with E-state index < -0.39 is 22.3 Å². The summed E-state index contributed by atoms with van der Waals surface area (Å²) in [5, 5.41) is 0.277. The predicted octanol–water partition coefficient (Wildman–Crippen LogP) is 5.25. The fraction of sp³-hybridized carbons (Fsp3) is 0.167. The van der Waals surface area contributed by atoms with E-state index in [0.29, 0.717) is 11.4 Å². The lowest BCUT2D eigenvalue weighted by Gasteiger charge is -2.06. The van der Waals surface area contributed by atoms with Crippen molar-refractivity contribution in [3.63, 3.8) is 0 Å². The zero-order valence-electron chi connectivity index (χ0n) is 17.8. The maximum atomic E-state index is 14.3. The second-order valence-electron chi connectivity index (χ2n) is 8.26. The van der Waals surface area contributed by atoms with Gasteiger partial charge in [-0.25, -0.2) is 23.1 Å². The summed E-state index contributed by atoms with van der Waals surface area (Å²) in [6, 6.07) is 7.51. The summed E-state index contributed by atoms with van der Waals surface area (Å²) in [6.45, 7) is 0. The molecule has 0 spiro atoms. The van der Waals surface area contributed by atoms with Crippen LogP contribution < -0.4 is 5.69 Å². The van der Waals surface area contributed by atoms with E-state index in [-0.39, 0.29) is 29.0 Å². The van der Waals surface area contributed by atoms with Gasteiger partial charge in [0, 0.05) is 36.3 Å². The Bertz CT molecular complexity index is 1630. The molecule has 5 aromatic rings. The predicted molar refractivity (Wildman–Crippen MR) is 122 cm³/mol. The number of fused-ring (bicyclic) bond motifs is 1. The van der Waals surface area contributed by atoms with Crippen LogP contribution in [0.25, 0.3) is 39.6 Å². The van der Waals surface area contributed by atoms with Crippen molar-refractivity contribution in [2.75, 3.05) is 0 Å². The van der Waals surface area contributed by atoms with Gasteiger partial charge in [0.05, 0.1) is 17.4 Å². The first kappa shape index (κ1) is 20.7. The number of oxazole rings is 1. The van der Waals surface area contributed by atoms with Gasteiger partial charge in [0.1, 0.15) is 22.4 Å². The van der Waals surface area contributed by atoms with E-state index in [1.54, 1.807) is 24.5 Å². The highest BCUT2D eigenvalue weighted by Crippen LogP contribution is 2.39. The summed E-state index contributed by atoms with van der Waals surface area (Å²) in [5.41, 5.74) is 1.50. The first-order valence-corrected chi connectivity index (χ1v) is 10.9. The Balaban J connectivity index is 1.55. The highest BCUT2D eigenvalue weighted by molar-refractivity contribution is 6.31. The third-order valence-electron chi connectivity index (χ3n) is 5.90. The van der Waals surface area contributed by atoms with Crippen LogP contribution in [0.4, 0.5) is 8.78 Å². The molecule has 0 amide bonds. The molecule has 10 heteroatoms. The average molecular weight is 480 g/mol. The monoisotopic (exact) mass is 479 g/mol. The van der Waals surface area contributed by atoms with Crippen molar-refractivity contribution in [3.05, 3.63) is 81.8 Å². The molecule has 7 nitrogen and oxygen atoms in total. The molecule has 0 radical (unpaired) electrons. The standard InChI is InChI=1S/C24H16ClF2N5O2/c1-31-6-4-13-10-18(28-11-19(13)31)23-30-22(32-7-5-17(12-2-3-12)29-24(32)33)21(34-23)14-8-15(26)20(25)16(27)9-14/h4-12H,2-3H2,1H3. The third kappa shape index (κ3) is 3.40. The van der Waals surface area contributed by atoms with Crippen molar-refractivity contribution < 1.29 is 13.2 Å². The fourth-order valence-electron chi connectivity index (χ4n) is 3.92. The summed E-state index contributed by atoms with van der Waals surface area (Å²) in [6.07, 6.45) is 7.10. The van der Waals surface area contributed by atoms with Crippen LogP contribution in [0.5, 0.6) is 0 Å². The minimum absolute atomic E-state index is 0.0116. The molecule has 0 unspecified atom stereocenters. The molecule has 0 saturated heterocycles. The molecule has 6 rings (SSSR count). The van der Waals surface area contributed by atoms with Crippen molar-refractivity contribution in [2.24, 2.45) is 7.05 Å². The Hall–Kier alpha value is -3.85. The van der Waals surface area contributed by atoms with Gasteiger partial charge in [0.15, 0.2) is 11.6 Å². The molecule has 34 heavy (non-hydrogen) atoms. The van der Waals surface area contributed by atoms with Gasteiger partial charge in [0.2, 0.25) is 5.89 Å². The molecule has 1 fully saturated rings. The van der Waals surface area contributed by atoms with Crippen molar-refractivity contribution >= 4 is 22.5 Å². The van der Waals surface area contributed by atoms with Gasteiger partial charge >= 0.3 is 5.69 Å². The van der Waals surface area contributed by atoms with Gasteiger partial charge < -0.3 is 8.98 Å². The number of pyridine rings is 1. The first-order chi connectivity index (χ1) is 16.4. The van der Waals surface area contributed by atoms with Crippen LogP contribution in [0.2, 0.25) is 5.02 Å². The fourth-order valence-corrected chi connectivity index (χ4v) is 4.03. The Labute approximate surface area is 196 Å². The second kappa shape index (κ2) is 7.59. The summed E-state index contributed by atoms with van der Waals surface area (Å²) >= 11 is 5.66. The number of benzene rings is 1. The minimum atomic E-state index is -0.959. The zero-order chi connectivity index (χ0) is 23.6. The second-order valence-corrected chi connectivity index (χ2v) is 8.64.